The average molecular weight is 288 g/mol. The molecule has 0 N–H and O–H groups in total. The van der Waals surface area contributed by atoms with Crippen LogP contribution in [0.25, 0.3) is 21.8 Å². The van der Waals surface area contributed by atoms with Crippen LogP contribution in [0, 0.1) is 0 Å². The normalized spacial score (nSPS) is 11.0. The summed E-state index contributed by atoms with van der Waals surface area (Å²) in [6, 6.07) is 20.6. The molecule has 4 aromatic rings. The summed E-state index contributed by atoms with van der Waals surface area (Å²) in [5.74, 6) is 0. The zero-order chi connectivity index (χ0) is 14.1. The Morgan fingerprint density at radius 2 is 1.05 bits per heavy atom. The lowest BCUT2D eigenvalue weighted by atomic mass is 10.2. The molecule has 0 radical (unpaired) electrons. The van der Waals surface area contributed by atoms with Gasteiger partial charge in [0, 0.05) is 33.0 Å². The third kappa shape index (κ3) is 2.26. The molecule has 0 aliphatic carbocycles. The quantitative estimate of drug-likeness (QED) is 0.523. The molecule has 0 aliphatic rings. The summed E-state index contributed by atoms with van der Waals surface area (Å²) in [7, 11) is 0. The average Bonchev–Trinajstić information content (AvgIpc) is 2.56. The van der Waals surface area contributed by atoms with Crippen LogP contribution in [0.15, 0.2) is 82.8 Å². The van der Waals surface area contributed by atoms with E-state index in [-0.39, 0.29) is 0 Å². The Bertz CT molecular complexity index is 846. The van der Waals surface area contributed by atoms with Crippen LogP contribution in [-0.2, 0) is 0 Å². The monoisotopic (exact) mass is 288 g/mol. The zero-order valence-electron chi connectivity index (χ0n) is 11.2. The molecule has 4 rings (SSSR count). The molecule has 0 bridgehead atoms. The summed E-state index contributed by atoms with van der Waals surface area (Å²) >= 11 is 1.77. The number of hydrogen-bond donors (Lipinski definition) is 0. The molecule has 0 fully saturated rings. The molecule has 2 aromatic heterocycles. The number of fused-ring (bicyclic) bond motifs is 2. The van der Waals surface area contributed by atoms with Crippen molar-refractivity contribution in [2.75, 3.05) is 0 Å². The van der Waals surface area contributed by atoms with Crippen molar-refractivity contribution in [3.63, 3.8) is 0 Å². The summed E-state index contributed by atoms with van der Waals surface area (Å²) < 4.78 is 0. The van der Waals surface area contributed by atoms with Gasteiger partial charge in [0.15, 0.2) is 0 Å². The molecule has 3 heteroatoms. The van der Waals surface area contributed by atoms with Gasteiger partial charge in [0.05, 0.1) is 11.0 Å². The molecule has 0 atom stereocenters. The van der Waals surface area contributed by atoms with Crippen molar-refractivity contribution >= 4 is 33.6 Å². The Kier molecular flexibility index (Phi) is 3.05. The fraction of sp³-hybridized carbons (Fsp3) is 0. The summed E-state index contributed by atoms with van der Waals surface area (Å²) in [4.78, 5) is 11.3. The minimum absolute atomic E-state index is 1.03. The van der Waals surface area contributed by atoms with Crippen molar-refractivity contribution in [3.05, 3.63) is 73.1 Å². The minimum Gasteiger partial charge on any atom is -0.256 e. The van der Waals surface area contributed by atoms with Gasteiger partial charge in [-0.25, -0.2) is 0 Å². The zero-order valence-corrected chi connectivity index (χ0v) is 12.0. The maximum absolute atomic E-state index is 4.42. The summed E-state index contributed by atoms with van der Waals surface area (Å²) in [5, 5.41) is 2.37. The predicted molar refractivity (Wildman–Crippen MR) is 87.6 cm³/mol. The molecule has 0 spiro atoms. The molecular weight excluding hydrogens is 276 g/mol. The molecular formula is C18H12N2S. The van der Waals surface area contributed by atoms with Crippen molar-refractivity contribution in [1.82, 2.24) is 9.97 Å². The fourth-order valence-corrected chi connectivity index (χ4v) is 3.50. The van der Waals surface area contributed by atoms with Crippen LogP contribution >= 0.6 is 11.8 Å². The Labute approximate surface area is 126 Å². The molecule has 0 unspecified atom stereocenters. The van der Waals surface area contributed by atoms with Crippen LogP contribution in [0.4, 0.5) is 0 Å². The molecule has 0 aliphatic heterocycles. The highest BCUT2D eigenvalue weighted by Gasteiger charge is 2.06. The molecule has 2 heterocycles. The van der Waals surface area contributed by atoms with Gasteiger partial charge in [-0.1, -0.05) is 48.2 Å². The van der Waals surface area contributed by atoms with Crippen molar-refractivity contribution in [1.29, 1.82) is 0 Å². The van der Waals surface area contributed by atoms with E-state index in [1.807, 2.05) is 36.7 Å². The van der Waals surface area contributed by atoms with E-state index in [1.54, 1.807) is 11.8 Å². The minimum atomic E-state index is 1.03. The van der Waals surface area contributed by atoms with E-state index in [4.69, 9.17) is 0 Å². The number of aromatic nitrogens is 2. The first-order chi connectivity index (χ1) is 10.4. The second-order valence-corrected chi connectivity index (χ2v) is 5.84. The number of pyridine rings is 2. The van der Waals surface area contributed by atoms with Crippen molar-refractivity contribution in [2.24, 2.45) is 0 Å². The number of nitrogens with zero attached hydrogens (tertiary/aromatic N) is 2. The van der Waals surface area contributed by atoms with E-state index in [0.29, 0.717) is 0 Å². The fourth-order valence-electron chi connectivity index (χ4n) is 2.44. The van der Waals surface area contributed by atoms with Gasteiger partial charge in [-0.15, -0.1) is 0 Å². The maximum Gasteiger partial charge on any atom is 0.0713 e. The van der Waals surface area contributed by atoms with Crippen LogP contribution < -0.4 is 0 Å². The first-order valence-corrected chi connectivity index (χ1v) is 7.59. The van der Waals surface area contributed by atoms with E-state index in [1.165, 1.54) is 20.6 Å². The largest absolute Gasteiger partial charge is 0.256 e. The third-order valence-electron chi connectivity index (χ3n) is 3.44. The summed E-state index contributed by atoms with van der Waals surface area (Å²) in [6.07, 6.45) is 3.74. The second-order valence-electron chi connectivity index (χ2n) is 4.75. The van der Waals surface area contributed by atoms with E-state index in [0.717, 1.165) is 11.0 Å². The van der Waals surface area contributed by atoms with Gasteiger partial charge in [-0.2, -0.15) is 0 Å². The number of hydrogen-bond acceptors (Lipinski definition) is 3. The van der Waals surface area contributed by atoms with Crippen molar-refractivity contribution < 1.29 is 0 Å². The molecule has 100 valence electrons. The van der Waals surface area contributed by atoms with Gasteiger partial charge in [-0.05, 0) is 24.3 Å². The second kappa shape index (κ2) is 5.19. The van der Waals surface area contributed by atoms with Gasteiger partial charge < -0.3 is 0 Å². The molecule has 0 amide bonds. The number of para-hydroxylation sites is 2. The van der Waals surface area contributed by atoms with Crippen molar-refractivity contribution in [2.45, 2.75) is 9.79 Å². The van der Waals surface area contributed by atoms with E-state index < -0.39 is 0 Å². The Balaban J connectivity index is 1.87. The predicted octanol–water partition coefficient (Wildman–Crippen LogP) is 4.93. The lowest BCUT2D eigenvalue weighted by Gasteiger charge is -2.08. The number of benzene rings is 2. The molecule has 21 heavy (non-hydrogen) atoms. The van der Waals surface area contributed by atoms with E-state index in [9.17, 15) is 0 Å². The standard InChI is InChI=1S/C18H12N2S/c1-3-7-15-13(5-1)17(9-11-19-15)21-18-10-12-20-16-8-4-2-6-14(16)18/h1-12H. The Morgan fingerprint density at radius 1 is 0.571 bits per heavy atom. The van der Waals surface area contributed by atoms with Crippen LogP contribution in [0.2, 0.25) is 0 Å². The molecule has 2 nitrogen and oxygen atoms in total. The molecule has 2 aromatic carbocycles. The van der Waals surface area contributed by atoms with E-state index in [2.05, 4.69) is 46.4 Å². The highest BCUT2D eigenvalue weighted by atomic mass is 32.2. The van der Waals surface area contributed by atoms with Crippen LogP contribution in [0.1, 0.15) is 0 Å². The van der Waals surface area contributed by atoms with Gasteiger partial charge in [0.25, 0.3) is 0 Å². The first kappa shape index (κ1) is 12.4. The highest BCUT2D eigenvalue weighted by Crippen LogP contribution is 2.35. The van der Waals surface area contributed by atoms with Gasteiger partial charge >= 0.3 is 0 Å². The highest BCUT2D eigenvalue weighted by molar-refractivity contribution is 7.99. The smallest absolute Gasteiger partial charge is 0.0713 e. The SMILES string of the molecule is c1ccc2c(Sc3ccnc4ccccc34)ccnc2c1. The van der Waals surface area contributed by atoms with Crippen LogP contribution in [-0.4, -0.2) is 9.97 Å². The van der Waals surface area contributed by atoms with Crippen LogP contribution in [0.5, 0.6) is 0 Å². The first-order valence-electron chi connectivity index (χ1n) is 6.77. The van der Waals surface area contributed by atoms with Gasteiger partial charge in [0.2, 0.25) is 0 Å². The van der Waals surface area contributed by atoms with Gasteiger partial charge in [-0.3, -0.25) is 9.97 Å². The van der Waals surface area contributed by atoms with E-state index >= 15 is 0 Å². The molecule has 0 saturated heterocycles. The van der Waals surface area contributed by atoms with Gasteiger partial charge in [0.1, 0.15) is 0 Å². The summed E-state index contributed by atoms with van der Waals surface area (Å²) in [6.45, 7) is 0. The lowest BCUT2D eigenvalue weighted by Crippen LogP contribution is -1.84. The van der Waals surface area contributed by atoms with Crippen LogP contribution in [0.3, 0.4) is 0 Å². The summed E-state index contributed by atoms with van der Waals surface area (Å²) in [5.41, 5.74) is 2.06. The molecule has 0 saturated carbocycles. The Hall–Kier alpha value is -2.39. The Morgan fingerprint density at radius 3 is 1.57 bits per heavy atom. The lowest BCUT2D eigenvalue weighted by molar-refractivity contribution is 1.33. The topological polar surface area (TPSA) is 25.8 Å². The van der Waals surface area contributed by atoms with Crippen molar-refractivity contribution in [3.8, 4) is 0 Å². The maximum atomic E-state index is 4.42. The third-order valence-corrected chi connectivity index (χ3v) is 4.59. The number of rotatable bonds is 2.